The second-order valence-corrected chi connectivity index (χ2v) is 3.06. The minimum Gasteiger partial charge on any atom is -0.330 e. The zero-order chi connectivity index (χ0) is 9.26. The van der Waals surface area contributed by atoms with E-state index in [2.05, 4.69) is 4.98 Å². The molecule has 2 N–H and O–H groups in total. The largest absolute Gasteiger partial charge is 0.330 e. The van der Waals surface area contributed by atoms with Crippen LogP contribution in [0.4, 0.5) is 4.79 Å². The lowest BCUT2D eigenvalue weighted by Gasteiger charge is -2.13. The van der Waals surface area contributed by atoms with Gasteiger partial charge in [0.05, 0.1) is 6.54 Å². The Balaban J connectivity index is 2.06. The zero-order valence-electron chi connectivity index (χ0n) is 7.31. The first-order chi connectivity index (χ1) is 6.33. The van der Waals surface area contributed by atoms with Gasteiger partial charge in [-0.15, -0.1) is 0 Å². The van der Waals surface area contributed by atoms with E-state index in [1.54, 1.807) is 21.9 Å². The van der Waals surface area contributed by atoms with Gasteiger partial charge < -0.3 is 10.6 Å². The van der Waals surface area contributed by atoms with Gasteiger partial charge in [-0.25, -0.2) is 9.78 Å². The number of nitrogens with two attached hydrogens (primary N) is 1. The van der Waals surface area contributed by atoms with E-state index in [9.17, 15) is 4.79 Å². The van der Waals surface area contributed by atoms with Gasteiger partial charge in [0.2, 0.25) is 0 Å². The van der Waals surface area contributed by atoms with Crippen molar-refractivity contribution in [2.75, 3.05) is 13.1 Å². The highest BCUT2D eigenvalue weighted by molar-refractivity contribution is 5.79. The Morgan fingerprint density at radius 1 is 1.62 bits per heavy atom. The predicted molar refractivity (Wildman–Crippen MR) is 47.1 cm³/mol. The fraction of sp³-hybridized carbons (Fsp3) is 0.500. The lowest BCUT2D eigenvalue weighted by molar-refractivity contribution is 0.209. The van der Waals surface area contributed by atoms with Gasteiger partial charge >= 0.3 is 6.03 Å². The predicted octanol–water partition coefficient (Wildman–Crippen LogP) is 0.0156. The van der Waals surface area contributed by atoms with E-state index in [-0.39, 0.29) is 6.03 Å². The quantitative estimate of drug-likeness (QED) is 0.713. The molecule has 0 aliphatic carbocycles. The highest BCUT2D eigenvalue weighted by Gasteiger charge is 2.26. The number of nitrogens with zero attached hydrogens (tertiary/aromatic N) is 3. The smallest absolute Gasteiger partial charge is 0.330 e. The van der Waals surface area contributed by atoms with Crippen LogP contribution in [0.15, 0.2) is 12.4 Å². The van der Waals surface area contributed by atoms with Crippen LogP contribution in [-0.4, -0.2) is 33.6 Å². The van der Waals surface area contributed by atoms with Crippen LogP contribution >= 0.6 is 0 Å². The molecule has 0 fully saturated rings. The summed E-state index contributed by atoms with van der Waals surface area (Å²) < 4.78 is 1.58. The van der Waals surface area contributed by atoms with Crippen LogP contribution in [0.3, 0.4) is 0 Å². The maximum atomic E-state index is 11.6. The van der Waals surface area contributed by atoms with Crippen molar-refractivity contribution in [1.29, 1.82) is 0 Å². The normalized spacial score (nSPS) is 15.2. The molecule has 1 aliphatic heterocycles. The fourth-order valence-electron chi connectivity index (χ4n) is 1.47. The van der Waals surface area contributed by atoms with Crippen molar-refractivity contribution in [2.24, 2.45) is 5.73 Å². The number of amides is 1. The van der Waals surface area contributed by atoms with Gasteiger partial charge in [-0.2, -0.15) is 0 Å². The topological polar surface area (TPSA) is 64.2 Å². The Hall–Kier alpha value is -1.36. The van der Waals surface area contributed by atoms with Gasteiger partial charge in [0.1, 0.15) is 5.82 Å². The molecule has 2 heterocycles. The van der Waals surface area contributed by atoms with Crippen molar-refractivity contribution in [2.45, 2.75) is 13.0 Å². The molecule has 2 rings (SSSR count). The van der Waals surface area contributed by atoms with Gasteiger partial charge in [-0.3, -0.25) is 4.57 Å². The van der Waals surface area contributed by atoms with Crippen molar-refractivity contribution < 1.29 is 4.79 Å². The molecule has 1 aliphatic rings. The van der Waals surface area contributed by atoms with E-state index in [4.69, 9.17) is 5.73 Å². The van der Waals surface area contributed by atoms with Crippen LogP contribution < -0.4 is 5.73 Å². The number of imidazole rings is 1. The van der Waals surface area contributed by atoms with Crippen LogP contribution in [0, 0.1) is 0 Å². The Morgan fingerprint density at radius 2 is 2.46 bits per heavy atom. The maximum Gasteiger partial charge on any atom is 0.330 e. The molecule has 0 aromatic carbocycles. The number of aromatic nitrogens is 2. The average Bonchev–Trinajstić information content (AvgIpc) is 2.67. The summed E-state index contributed by atoms with van der Waals surface area (Å²) in [5.41, 5.74) is 5.37. The Labute approximate surface area is 76.2 Å². The molecular formula is C8H12N4O. The zero-order valence-corrected chi connectivity index (χ0v) is 7.31. The first-order valence-electron chi connectivity index (χ1n) is 4.34. The molecule has 1 aromatic heterocycles. The third-order valence-electron chi connectivity index (χ3n) is 2.16. The Morgan fingerprint density at radius 3 is 3.15 bits per heavy atom. The van der Waals surface area contributed by atoms with Crippen molar-refractivity contribution in [3.63, 3.8) is 0 Å². The number of hydrogen-bond donors (Lipinski definition) is 1. The molecule has 0 saturated carbocycles. The van der Waals surface area contributed by atoms with Crippen molar-refractivity contribution in [3.8, 4) is 0 Å². The van der Waals surface area contributed by atoms with Crippen molar-refractivity contribution in [3.05, 3.63) is 18.2 Å². The molecule has 0 radical (unpaired) electrons. The van der Waals surface area contributed by atoms with Gasteiger partial charge in [0.25, 0.3) is 0 Å². The summed E-state index contributed by atoms with van der Waals surface area (Å²) in [5.74, 6) is 0.821. The maximum absolute atomic E-state index is 11.6. The molecule has 0 spiro atoms. The SMILES string of the molecule is NCCCN1Cc2nccn2C1=O. The summed E-state index contributed by atoms with van der Waals surface area (Å²) >= 11 is 0. The molecule has 1 aromatic rings. The fourth-order valence-corrected chi connectivity index (χ4v) is 1.47. The number of hydrogen-bond acceptors (Lipinski definition) is 3. The van der Waals surface area contributed by atoms with E-state index >= 15 is 0 Å². The van der Waals surface area contributed by atoms with Crippen LogP contribution in [0.25, 0.3) is 0 Å². The molecule has 70 valence electrons. The number of fused-ring (bicyclic) bond motifs is 1. The lowest BCUT2D eigenvalue weighted by Crippen LogP contribution is -2.28. The minimum atomic E-state index is 0.0148. The molecule has 5 nitrogen and oxygen atoms in total. The standard InChI is InChI=1S/C8H12N4O/c9-2-1-4-11-6-7-10-3-5-12(7)8(11)13/h3,5H,1-2,4,6,9H2. The van der Waals surface area contributed by atoms with E-state index in [0.29, 0.717) is 13.1 Å². The van der Waals surface area contributed by atoms with Crippen LogP contribution in [0.5, 0.6) is 0 Å². The molecule has 13 heavy (non-hydrogen) atoms. The average molecular weight is 180 g/mol. The summed E-state index contributed by atoms with van der Waals surface area (Å²) in [4.78, 5) is 17.4. The molecule has 0 unspecified atom stereocenters. The number of carbonyl (C=O) groups is 1. The van der Waals surface area contributed by atoms with Crippen molar-refractivity contribution in [1.82, 2.24) is 14.5 Å². The Bertz CT molecular complexity index is 320. The highest BCUT2D eigenvalue weighted by Crippen LogP contribution is 2.13. The summed E-state index contributed by atoms with van der Waals surface area (Å²) in [7, 11) is 0. The number of rotatable bonds is 3. The third-order valence-corrected chi connectivity index (χ3v) is 2.16. The van der Waals surface area contributed by atoms with Crippen molar-refractivity contribution >= 4 is 6.03 Å². The van der Waals surface area contributed by atoms with Gasteiger partial charge in [0.15, 0.2) is 0 Å². The van der Waals surface area contributed by atoms with Gasteiger partial charge in [0, 0.05) is 18.9 Å². The lowest BCUT2D eigenvalue weighted by atomic mass is 10.4. The van der Waals surface area contributed by atoms with E-state index in [1.165, 1.54) is 0 Å². The molecule has 1 amide bonds. The van der Waals surface area contributed by atoms with Gasteiger partial charge in [-0.05, 0) is 13.0 Å². The number of carbonyl (C=O) groups excluding carboxylic acids is 1. The van der Waals surface area contributed by atoms with E-state index < -0.39 is 0 Å². The summed E-state index contributed by atoms with van der Waals surface area (Å²) in [5, 5.41) is 0. The summed E-state index contributed by atoms with van der Waals surface area (Å²) in [6.45, 7) is 1.95. The highest BCUT2D eigenvalue weighted by atomic mass is 16.2. The third kappa shape index (κ3) is 1.31. The van der Waals surface area contributed by atoms with E-state index in [0.717, 1.165) is 18.8 Å². The molecule has 5 heteroatoms. The first-order valence-corrected chi connectivity index (χ1v) is 4.34. The second kappa shape index (κ2) is 3.18. The van der Waals surface area contributed by atoms with Crippen LogP contribution in [-0.2, 0) is 6.54 Å². The van der Waals surface area contributed by atoms with Gasteiger partial charge in [-0.1, -0.05) is 0 Å². The molecule has 0 atom stereocenters. The monoisotopic (exact) mass is 180 g/mol. The van der Waals surface area contributed by atoms with E-state index in [1.807, 2.05) is 0 Å². The molecule has 0 saturated heterocycles. The minimum absolute atomic E-state index is 0.0148. The molecular weight excluding hydrogens is 168 g/mol. The Kier molecular flexibility index (Phi) is 2.02. The summed E-state index contributed by atoms with van der Waals surface area (Å²) in [6, 6.07) is 0.0148. The van der Waals surface area contributed by atoms with Crippen LogP contribution in [0.2, 0.25) is 0 Å². The second-order valence-electron chi connectivity index (χ2n) is 3.06. The first kappa shape index (κ1) is 8.25. The van der Waals surface area contributed by atoms with Crippen LogP contribution in [0.1, 0.15) is 12.2 Å². The summed E-state index contributed by atoms with van der Waals surface area (Å²) in [6.07, 6.45) is 4.18. The molecule has 0 bridgehead atoms.